The molecule has 0 saturated carbocycles. The Morgan fingerprint density at radius 3 is 2.36 bits per heavy atom. The molecule has 0 aliphatic rings. The van der Waals surface area contributed by atoms with Crippen molar-refractivity contribution in [3.8, 4) is 0 Å². The minimum Gasteiger partial charge on any atom is -0.0925 e. The first-order chi connectivity index (χ1) is 6.83. The molecule has 0 nitrogen and oxygen atoms in total. The quantitative estimate of drug-likeness (QED) is 0.543. The van der Waals surface area contributed by atoms with Crippen LogP contribution in [0, 0.1) is 0 Å². The molecule has 1 aromatic rings. The smallest absolute Gasteiger partial charge is 0.0406 e. The van der Waals surface area contributed by atoms with Gasteiger partial charge < -0.3 is 0 Å². The summed E-state index contributed by atoms with van der Waals surface area (Å²) in [5.41, 5.74) is 1.35. The van der Waals surface area contributed by atoms with E-state index in [-0.39, 0.29) is 0 Å². The van der Waals surface area contributed by atoms with Crippen LogP contribution in [0.4, 0.5) is 0 Å². The highest BCUT2D eigenvalue weighted by Gasteiger charge is 1.90. The van der Waals surface area contributed by atoms with Crippen LogP contribution in [0.25, 0.3) is 0 Å². The number of rotatable bonds is 5. The highest BCUT2D eigenvalue weighted by molar-refractivity contribution is 9.09. The molecule has 0 N–H and O–H groups in total. The van der Waals surface area contributed by atoms with Crippen LogP contribution >= 0.6 is 27.5 Å². The maximum atomic E-state index is 5.80. The van der Waals surface area contributed by atoms with Gasteiger partial charge in [-0.2, -0.15) is 0 Å². The van der Waals surface area contributed by atoms with Gasteiger partial charge in [-0.1, -0.05) is 51.8 Å². The van der Waals surface area contributed by atoms with Crippen molar-refractivity contribution >= 4 is 27.5 Å². The van der Waals surface area contributed by atoms with E-state index in [0.717, 1.165) is 29.6 Å². The number of allylic oxidation sites excluding steroid dienone is 2. The van der Waals surface area contributed by atoms with Gasteiger partial charge >= 0.3 is 0 Å². The first kappa shape index (κ1) is 11.8. The Bertz CT molecular complexity index is 277. The van der Waals surface area contributed by atoms with Crippen LogP contribution in [-0.4, -0.2) is 5.33 Å². The molecule has 1 aromatic carbocycles. The molecule has 0 bridgehead atoms. The Kier molecular flexibility index (Phi) is 5.97. The lowest BCUT2D eigenvalue weighted by molar-refractivity contribution is 0.993. The fraction of sp³-hybridized carbons (Fsp3) is 0.333. The van der Waals surface area contributed by atoms with Gasteiger partial charge in [-0.05, 0) is 37.0 Å². The van der Waals surface area contributed by atoms with E-state index in [2.05, 4.69) is 40.2 Å². The van der Waals surface area contributed by atoms with Crippen LogP contribution in [0.3, 0.4) is 0 Å². The molecule has 2 heteroatoms. The van der Waals surface area contributed by atoms with Crippen molar-refractivity contribution in [1.29, 1.82) is 0 Å². The lowest BCUT2D eigenvalue weighted by Crippen LogP contribution is -1.82. The second-order valence-corrected chi connectivity index (χ2v) is 4.34. The Hall–Kier alpha value is -0.270. The molecular weight excluding hydrogens is 259 g/mol. The third-order valence-electron chi connectivity index (χ3n) is 1.96. The van der Waals surface area contributed by atoms with Crippen LogP contribution in [0.1, 0.15) is 18.4 Å². The third kappa shape index (κ3) is 4.83. The van der Waals surface area contributed by atoms with E-state index in [1.807, 2.05) is 12.1 Å². The first-order valence-corrected chi connectivity index (χ1v) is 6.28. The number of hydrogen-bond acceptors (Lipinski definition) is 0. The third-order valence-corrected chi connectivity index (χ3v) is 2.67. The van der Waals surface area contributed by atoms with E-state index in [1.165, 1.54) is 5.56 Å². The zero-order valence-corrected chi connectivity index (χ0v) is 10.4. The first-order valence-electron chi connectivity index (χ1n) is 4.78. The van der Waals surface area contributed by atoms with Gasteiger partial charge in [-0.25, -0.2) is 0 Å². The largest absolute Gasteiger partial charge is 0.0925 e. The zero-order valence-electron chi connectivity index (χ0n) is 8.05. The Balaban J connectivity index is 2.28. The second-order valence-electron chi connectivity index (χ2n) is 3.11. The van der Waals surface area contributed by atoms with E-state index < -0.39 is 0 Å². The summed E-state index contributed by atoms with van der Waals surface area (Å²) in [5.74, 6) is 0. The molecule has 0 spiro atoms. The van der Waals surface area contributed by atoms with Crippen LogP contribution in [0.15, 0.2) is 36.4 Å². The minimum absolute atomic E-state index is 0.809. The molecule has 0 saturated heterocycles. The van der Waals surface area contributed by atoms with E-state index in [1.54, 1.807) is 0 Å². The highest BCUT2D eigenvalue weighted by Crippen LogP contribution is 2.11. The fourth-order valence-corrected chi connectivity index (χ4v) is 1.59. The summed E-state index contributed by atoms with van der Waals surface area (Å²) in [6.07, 6.45) is 7.76. The van der Waals surface area contributed by atoms with E-state index in [0.29, 0.717) is 0 Å². The molecule has 0 atom stereocenters. The second kappa shape index (κ2) is 7.08. The summed E-state index contributed by atoms with van der Waals surface area (Å²) in [4.78, 5) is 0. The molecule has 0 aliphatic heterocycles. The Morgan fingerprint density at radius 1 is 1.07 bits per heavy atom. The molecule has 0 aromatic heterocycles. The molecule has 76 valence electrons. The van der Waals surface area contributed by atoms with Crippen molar-refractivity contribution in [3.05, 3.63) is 47.0 Å². The van der Waals surface area contributed by atoms with E-state index >= 15 is 0 Å². The van der Waals surface area contributed by atoms with Gasteiger partial charge in [0.05, 0.1) is 0 Å². The van der Waals surface area contributed by atoms with Crippen molar-refractivity contribution in [1.82, 2.24) is 0 Å². The number of alkyl halides is 1. The van der Waals surface area contributed by atoms with Crippen LogP contribution in [0.2, 0.25) is 5.02 Å². The van der Waals surface area contributed by atoms with Crippen molar-refractivity contribution in [2.75, 3.05) is 5.33 Å². The lowest BCUT2D eigenvalue weighted by atomic mass is 10.1. The van der Waals surface area contributed by atoms with Gasteiger partial charge in [-0.15, -0.1) is 0 Å². The molecule has 0 aliphatic carbocycles. The van der Waals surface area contributed by atoms with Crippen molar-refractivity contribution in [2.24, 2.45) is 0 Å². The van der Waals surface area contributed by atoms with E-state index in [9.17, 15) is 0 Å². The van der Waals surface area contributed by atoms with Gasteiger partial charge in [0.25, 0.3) is 0 Å². The van der Waals surface area contributed by atoms with Crippen LogP contribution in [0.5, 0.6) is 0 Å². The molecule has 0 unspecified atom stereocenters. The SMILES string of the molecule is Clc1ccc(CCC=CCCBr)cc1. The summed E-state index contributed by atoms with van der Waals surface area (Å²) in [6, 6.07) is 8.06. The number of halogens is 2. The fourth-order valence-electron chi connectivity index (χ4n) is 1.20. The standard InChI is InChI=1S/C12H14BrCl/c13-10-4-2-1-3-5-11-6-8-12(14)9-7-11/h1-2,6-9H,3-5,10H2. The van der Waals surface area contributed by atoms with Gasteiger partial charge in [-0.3, -0.25) is 0 Å². The number of benzene rings is 1. The highest BCUT2D eigenvalue weighted by atomic mass is 79.9. The lowest BCUT2D eigenvalue weighted by Gasteiger charge is -1.97. The molecule has 0 heterocycles. The molecule has 0 radical (unpaired) electrons. The maximum Gasteiger partial charge on any atom is 0.0406 e. The zero-order chi connectivity index (χ0) is 10.2. The molecule has 0 fully saturated rings. The van der Waals surface area contributed by atoms with Crippen LogP contribution in [-0.2, 0) is 6.42 Å². The molecular formula is C12H14BrCl. The predicted octanol–water partition coefficient (Wildman–Crippen LogP) is 4.61. The summed E-state index contributed by atoms with van der Waals surface area (Å²) in [7, 11) is 0. The summed E-state index contributed by atoms with van der Waals surface area (Å²) in [5, 5.41) is 1.85. The molecule has 0 amide bonds. The summed E-state index contributed by atoms with van der Waals surface area (Å²) >= 11 is 9.18. The van der Waals surface area contributed by atoms with Crippen molar-refractivity contribution in [2.45, 2.75) is 19.3 Å². The molecule has 1 rings (SSSR count). The average Bonchev–Trinajstić information content (AvgIpc) is 2.21. The van der Waals surface area contributed by atoms with Crippen molar-refractivity contribution in [3.63, 3.8) is 0 Å². The number of hydrogen-bond donors (Lipinski definition) is 0. The van der Waals surface area contributed by atoms with Gasteiger partial charge in [0.2, 0.25) is 0 Å². The van der Waals surface area contributed by atoms with Crippen molar-refractivity contribution < 1.29 is 0 Å². The maximum absolute atomic E-state index is 5.80. The minimum atomic E-state index is 0.809. The topological polar surface area (TPSA) is 0 Å². The monoisotopic (exact) mass is 272 g/mol. The van der Waals surface area contributed by atoms with Gasteiger partial charge in [0, 0.05) is 10.4 Å². The van der Waals surface area contributed by atoms with Gasteiger partial charge in [0.15, 0.2) is 0 Å². The van der Waals surface area contributed by atoms with Crippen LogP contribution < -0.4 is 0 Å². The van der Waals surface area contributed by atoms with E-state index in [4.69, 9.17) is 11.6 Å². The average molecular weight is 274 g/mol. The predicted molar refractivity (Wildman–Crippen MR) is 67.3 cm³/mol. The Labute approximate surface area is 99.1 Å². The number of aryl methyl sites for hydroxylation is 1. The Morgan fingerprint density at radius 2 is 1.71 bits per heavy atom. The van der Waals surface area contributed by atoms with Gasteiger partial charge in [0.1, 0.15) is 0 Å². The molecule has 14 heavy (non-hydrogen) atoms. The summed E-state index contributed by atoms with van der Waals surface area (Å²) < 4.78 is 0. The summed E-state index contributed by atoms with van der Waals surface area (Å²) in [6.45, 7) is 0. The normalized spacial score (nSPS) is 11.0.